The predicted octanol–water partition coefficient (Wildman–Crippen LogP) is 1.52. The molecule has 0 heterocycles. The van der Waals surface area contributed by atoms with Gasteiger partial charge in [0, 0.05) is 11.6 Å². The molecule has 1 aromatic carbocycles. The third kappa shape index (κ3) is 4.31. The zero-order valence-electron chi connectivity index (χ0n) is 8.83. The van der Waals surface area contributed by atoms with Crippen LogP contribution < -0.4 is 5.32 Å². The van der Waals surface area contributed by atoms with Crippen LogP contribution in [0.4, 0.5) is 0 Å². The van der Waals surface area contributed by atoms with E-state index in [1.165, 1.54) is 7.11 Å². The lowest BCUT2D eigenvalue weighted by Crippen LogP contribution is -2.25. The molecule has 1 aromatic rings. The van der Waals surface area contributed by atoms with Gasteiger partial charge in [0.15, 0.2) is 0 Å². The van der Waals surface area contributed by atoms with Gasteiger partial charge in [-0.25, -0.2) is 0 Å². The number of rotatable bonds is 4. The molecule has 1 N–H and O–H groups in total. The van der Waals surface area contributed by atoms with E-state index in [1.54, 1.807) is 24.3 Å². The minimum atomic E-state index is -0.548. The first-order chi connectivity index (χ1) is 7.61. The van der Waals surface area contributed by atoms with Crippen LogP contribution in [0.15, 0.2) is 24.3 Å². The van der Waals surface area contributed by atoms with Crippen molar-refractivity contribution in [2.75, 3.05) is 7.11 Å². The van der Waals surface area contributed by atoms with Gasteiger partial charge >= 0.3 is 5.97 Å². The van der Waals surface area contributed by atoms with Crippen molar-refractivity contribution in [1.82, 2.24) is 5.32 Å². The fraction of sp³-hybridized carbons (Fsp3) is 0.273. The second-order valence-electron chi connectivity index (χ2n) is 3.16. The van der Waals surface area contributed by atoms with Gasteiger partial charge in [0.05, 0.1) is 7.11 Å². The van der Waals surface area contributed by atoms with Crippen molar-refractivity contribution >= 4 is 23.5 Å². The molecule has 0 saturated heterocycles. The summed E-state index contributed by atoms with van der Waals surface area (Å²) < 4.78 is 4.37. The summed E-state index contributed by atoms with van der Waals surface area (Å²) in [6, 6.07) is 7.09. The fourth-order valence-corrected chi connectivity index (χ4v) is 1.19. The Kier molecular flexibility index (Phi) is 4.79. The van der Waals surface area contributed by atoms with E-state index < -0.39 is 5.97 Å². The molecule has 4 nitrogen and oxygen atoms in total. The summed E-state index contributed by atoms with van der Waals surface area (Å²) in [5.41, 5.74) is 0.919. The minimum absolute atomic E-state index is 0.260. The molecule has 0 aliphatic heterocycles. The number of nitrogens with one attached hydrogen (secondary N) is 1. The van der Waals surface area contributed by atoms with Crippen molar-refractivity contribution in [3.05, 3.63) is 34.9 Å². The van der Waals surface area contributed by atoms with Crippen LogP contribution in [0.2, 0.25) is 5.02 Å². The third-order valence-electron chi connectivity index (χ3n) is 1.94. The Morgan fingerprint density at radius 2 is 1.94 bits per heavy atom. The lowest BCUT2D eigenvalue weighted by atomic mass is 10.2. The van der Waals surface area contributed by atoms with Gasteiger partial charge in [-0.15, -0.1) is 0 Å². The zero-order valence-corrected chi connectivity index (χ0v) is 9.58. The quantitative estimate of drug-likeness (QED) is 0.642. The van der Waals surface area contributed by atoms with Crippen LogP contribution in [0.3, 0.4) is 0 Å². The molecule has 86 valence electrons. The van der Waals surface area contributed by atoms with Gasteiger partial charge < -0.3 is 10.1 Å². The molecule has 0 aliphatic rings. The molecule has 0 spiro atoms. The predicted molar refractivity (Wildman–Crippen MR) is 59.9 cm³/mol. The van der Waals surface area contributed by atoms with E-state index in [2.05, 4.69) is 10.1 Å². The maximum absolute atomic E-state index is 11.2. The number of methoxy groups -OCH3 is 1. The van der Waals surface area contributed by atoms with Crippen LogP contribution in [0.5, 0.6) is 0 Å². The van der Waals surface area contributed by atoms with Crippen molar-refractivity contribution < 1.29 is 14.3 Å². The zero-order chi connectivity index (χ0) is 12.0. The number of esters is 1. The molecule has 0 atom stereocenters. The maximum atomic E-state index is 11.2. The Hall–Kier alpha value is -1.55. The number of carbonyl (C=O) groups excluding carboxylic acids is 2. The van der Waals surface area contributed by atoms with Crippen molar-refractivity contribution in [2.45, 2.75) is 13.0 Å². The fourth-order valence-electron chi connectivity index (χ4n) is 1.07. The van der Waals surface area contributed by atoms with Gasteiger partial charge in [0.2, 0.25) is 5.91 Å². The molecule has 0 fully saturated rings. The molecule has 16 heavy (non-hydrogen) atoms. The summed E-state index contributed by atoms with van der Waals surface area (Å²) in [7, 11) is 1.24. The lowest BCUT2D eigenvalue weighted by Gasteiger charge is -2.04. The highest BCUT2D eigenvalue weighted by molar-refractivity contribution is 6.30. The topological polar surface area (TPSA) is 55.4 Å². The summed E-state index contributed by atoms with van der Waals surface area (Å²) in [6.07, 6.45) is -0.260. The molecule has 0 radical (unpaired) electrons. The van der Waals surface area contributed by atoms with Gasteiger partial charge in [-0.05, 0) is 17.7 Å². The molecule has 0 unspecified atom stereocenters. The lowest BCUT2D eigenvalue weighted by molar-refractivity contribution is -0.143. The molecule has 5 heteroatoms. The summed E-state index contributed by atoms with van der Waals surface area (Å²) in [6.45, 7) is 0.368. The second-order valence-corrected chi connectivity index (χ2v) is 3.59. The number of carbonyl (C=O) groups is 2. The van der Waals surface area contributed by atoms with Gasteiger partial charge in [-0.3, -0.25) is 9.59 Å². The molecular formula is C11H12ClNO3. The van der Waals surface area contributed by atoms with E-state index >= 15 is 0 Å². The number of hydrogen-bond donors (Lipinski definition) is 1. The average molecular weight is 242 g/mol. The van der Waals surface area contributed by atoms with Gasteiger partial charge in [-0.2, -0.15) is 0 Å². The Morgan fingerprint density at radius 3 is 2.50 bits per heavy atom. The van der Waals surface area contributed by atoms with Crippen LogP contribution in [-0.2, 0) is 20.9 Å². The van der Waals surface area contributed by atoms with Crippen LogP contribution >= 0.6 is 11.6 Å². The first-order valence-corrected chi connectivity index (χ1v) is 5.07. The highest BCUT2D eigenvalue weighted by atomic mass is 35.5. The standard InChI is InChI=1S/C11H12ClNO3/c1-16-11(15)6-10(14)13-7-8-2-4-9(12)5-3-8/h2-5H,6-7H2,1H3,(H,13,14). The monoisotopic (exact) mass is 241 g/mol. The number of ether oxygens (including phenoxy) is 1. The molecule has 0 saturated carbocycles. The minimum Gasteiger partial charge on any atom is -0.469 e. The molecule has 0 aromatic heterocycles. The van der Waals surface area contributed by atoms with Crippen LogP contribution in [0.25, 0.3) is 0 Å². The van der Waals surface area contributed by atoms with E-state index in [1.807, 2.05) is 0 Å². The van der Waals surface area contributed by atoms with Crippen LogP contribution in [0, 0.1) is 0 Å². The Labute approximate surface area is 98.5 Å². The number of benzene rings is 1. The van der Waals surface area contributed by atoms with Gasteiger partial charge in [0.1, 0.15) is 6.42 Å². The number of halogens is 1. The SMILES string of the molecule is COC(=O)CC(=O)NCc1ccc(Cl)cc1. The summed E-state index contributed by atoms with van der Waals surface area (Å²) in [5, 5.41) is 3.24. The van der Waals surface area contributed by atoms with Crippen molar-refractivity contribution in [3.63, 3.8) is 0 Å². The maximum Gasteiger partial charge on any atom is 0.315 e. The van der Waals surface area contributed by atoms with Crippen molar-refractivity contribution in [1.29, 1.82) is 0 Å². The third-order valence-corrected chi connectivity index (χ3v) is 2.19. The Bertz CT molecular complexity index is 375. The Balaban J connectivity index is 2.37. The molecular weight excluding hydrogens is 230 g/mol. The molecule has 0 aliphatic carbocycles. The van der Waals surface area contributed by atoms with E-state index in [9.17, 15) is 9.59 Å². The van der Waals surface area contributed by atoms with E-state index in [0.717, 1.165) is 5.56 Å². The summed E-state index contributed by atoms with van der Waals surface area (Å²) >= 11 is 5.71. The highest BCUT2D eigenvalue weighted by Gasteiger charge is 2.08. The second kappa shape index (κ2) is 6.12. The number of amides is 1. The van der Waals surface area contributed by atoms with E-state index in [-0.39, 0.29) is 12.3 Å². The summed E-state index contributed by atoms with van der Waals surface area (Å²) in [5.74, 6) is -0.907. The first-order valence-electron chi connectivity index (χ1n) is 4.70. The highest BCUT2D eigenvalue weighted by Crippen LogP contribution is 2.09. The van der Waals surface area contributed by atoms with Crippen LogP contribution in [0.1, 0.15) is 12.0 Å². The van der Waals surface area contributed by atoms with Crippen LogP contribution in [-0.4, -0.2) is 19.0 Å². The molecule has 1 rings (SSSR count). The van der Waals surface area contributed by atoms with E-state index in [4.69, 9.17) is 11.6 Å². The van der Waals surface area contributed by atoms with Gasteiger partial charge in [-0.1, -0.05) is 23.7 Å². The first kappa shape index (κ1) is 12.5. The van der Waals surface area contributed by atoms with Crippen molar-refractivity contribution in [3.8, 4) is 0 Å². The normalized spacial score (nSPS) is 9.62. The number of hydrogen-bond acceptors (Lipinski definition) is 3. The average Bonchev–Trinajstić information content (AvgIpc) is 2.28. The summed E-state index contributed by atoms with van der Waals surface area (Å²) in [4.78, 5) is 22.0. The Morgan fingerprint density at radius 1 is 1.31 bits per heavy atom. The van der Waals surface area contributed by atoms with Gasteiger partial charge in [0.25, 0.3) is 0 Å². The molecule has 1 amide bonds. The molecule has 0 bridgehead atoms. The van der Waals surface area contributed by atoms with E-state index in [0.29, 0.717) is 11.6 Å². The largest absolute Gasteiger partial charge is 0.469 e. The smallest absolute Gasteiger partial charge is 0.315 e. The van der Waals surface area contributed by atoms with Crippen molar-refractivity contribution in [2.24, 2.45) is 0 Å².